The SMILES string of the molecule is COc1ccc(C(NN)C2CCCO2)c(F)c1. The molecule has 0 aromatic heterocycles. The van der Waals surface area contributed by atoms with E-state index in [2.05, 4.69) is 5.43 Å². The van der Waals surface area contributed by atoms with E-state index in [4.69, 9.17) is 15.3 Å². The molecule has 1 aliphatic rings. The molecule has 1 aromatic carbocycles. The minimum Gasteiger partial charge on any atom is -0.497 e. The lowest BCUT2D eigenvalue weighted by molar-refractivity contribution is 0.0771. The van der Waals surface area contributed by atoms with Crippen molar-refractivity contribution in [3.05, 3.63) is 29.6 Å². The van der Waals surface area contributed by atoms with E-state index in [1.165, 1.54) is 13.2 Å². The first-order valence-corrected chi connectivity index (χ1v) is 5.67. The Bertz CT molecular complexity index is 381. The van der Waals surface area contributed by atoms with E-state index in [1.807, 2.05) is 0 Å². The van der Waals surface area contributed by atoms with Gasteiger partial charge < -0.3 is 9.47 Å². The average molecular weight is 240 g/mol. The Morgan fingerprint density at radius 2 is 2.41 bits per heavy atom. The minimum atomic E-state index is -0.331. The molecule has 2 atom stereocenters. The molecule has 94 valence electrons. The summed E-state index contributed by atoms with van der Waals surface area (Å²) in [6.45, 7) is 0.709. The third kappa shape index (κ3) is 2.57. The van der Waals surface area contributed by atoms with Crippen LogP contribution in [-0.4, -0.2) is 19.8 Å². The van der Waals surface area contributed by atoms with Gasteiger partial charge in [-0.25, -0.2) is 4.39 Å². The molecule has 1 aromatic rings. The zero-order valence-corrected chi connectivity index (χ0v) is 9.78. The van der Waals surface area contributed by atoms with E-state index in [1.54, 1.807) is 12.1 Å². The van der Waals surface area contributed by atoms with E-state index in [9.17, 15) is 4.39 Å². The first-order chi connectivity index (χ1) is 8.26. The van der Waals surface area contributed by atoms with Crippen LogP contribution in [-0.2, 0) is 4.74 Å². The predicted octanol–water partition coefficient (Wildman–Crippen LogP) is 1.52. The van der Waals surface area contributed by atoms with Crippen LogP contribution in [0.15, 0.2) is 18.2 Å². The molecule has 2 unspecified atom stereocenters. The van der Waals surface area contributed by atoms with E-state index in [0.29, 0.717) is 17.9 Å². The molecule has 0 spiro atoms. The van der Waals surface area contributed by atoms with Gasteiger partial charge in [-0.1, -0.05) is 6.07 Å². The maximum absolute atomic E-state index is 13.9. The monoisotopic (exact) mass is 240 g/mol. The van der Waals surface area contributed by atoms with Crippen LogP contribution in [0.5, 0.6) is 5.75 Å². The van der Waals surface area contributed by atoms with Crippen molar-refractivity contribution in [1.29, 1.82) is 0 Å². The van der Waals surface area contributed by atoms with Gasteiger partial charge in [-0.15, -0.1) is 0 Å². The number of ether oxygens (including phenoxy) is 2. The van der Waals surface area contributed by atoms with Crippen LogP contribution in [0.4, 0.5) is 4.39 Å². The molecule has 4 nitrogen and oxygen atoms in total. The number of hydrogen-bond donors (Lipinski definition) is 2. The van der Waals surface area contributed by atoms with Crippen molar-refractivity contribution in [3.8, 4) is 5.75 Å². The summed E-state index contributed by atoms with van der Waals surface area (Å²) < 4.78 is 24.4. The van der Waals surface area contributed by atoms with Gasteiger partial charge in [0.2, 0.25) is 0 Å². The molecule has 2 rings (SSSR count). The Morgan fingerprint density at radius 1 is 1.59 bits per heavy atom. The number of methoxy groups -OCH3 is 1. The van der Waals surface area contributed by atoms with Crippen molar-refractivity contribution < 1.29 is 13.9 Å². The normalized spacial score (nSPS) is 21.5. The number of benzene rings is 1. The van der Waals surface area contributed by atoms with Crippen LogP contribution in [0.3, 0.4) is 0 Å². The Hall–Kier alpha value is -1.17. The summed E-state index contributed by atoms with van der Waals surface area (Å²) in [5, 5.41) is 0. The summed E-state index contributed by atoms with van der Waals surface area (Å²) in [5.74, 6) is 5.66. The van der Waals surface area contributed by atoms with Crippen molar-refractivity contribution in [2.75, 3.05) is 13.7 Å². The zero-order chi connectivity index (χ0) is 12.3. The number of halogens is 1. The van der Waals surface area contributed by atoms with Gasteiger partial charge in [-0.05, 0) is 18.9 Å². The fourth-order valence-electron chi connectivity index (χ4n) is 2.15. The van der Waals surface area contributed by atoms with Gasteiger partial charge >= 0.3 is 0 Å². The van der Waals surface area contributed by atoms with Gasteiger partial charge in [0.05, 0.1) is 19.3 Å². The molecule has 1 aliphatic heterocycles. The van der Waals surface area contributed by atoms with E-state index in [0.717, 1.165) is 12.8 Å². The number of nitrogens with two attached hydrogens (primary N) is 1. The van der Waals surface area contributed by atoms with Gasteiger partial charge in [-0.3, -0.25) is 11.3 Å². The molecule has 1 fully saturated rings. The third-order valence-corrected chi connectivity index (χ3v) is 3.06. The Balaban J connectivity index is 2.23. The molecular weight excluding hydrogens is 223 g/mol. The van der Waals surface area contributed by atoms with Crippen LogP contribution in [0.1, 0.15) is 24.4 Å². The number of hydrazine groups is 1. The maximum Gasteiger partial charge on any atom is 0.131 e. The second kappa shape index (κ2) is 5.44. The van der Waals surface area contributed by atoms with Crippen molar-refractivity contribution in [2.45, 2.75) is 25.0 Å². The predicted molar refractivity (Wildman–Crippen MR) is 62.0 cm³/mol. The van der Waals surface area contributed by atoms with Crippen LogP contribution in [0, 0.1) is 5.82 Å². The van der Waals surface area contributed by atoms with Gasteiger partial charge in [0.15, 0.2) is 0 Å². The molecule has 0 amide bonds. The number of nitrogens with one attached hydrogen (secondary N) is 1. The lowest BCUT2D eigenvalue weighted by atomic mass is 9.99. The number of hydrogen-bond acceptors (Lipinski definition) is 4. The second-order valence-corrected chi connectivity index (χ2v) is 4.08. The van der Waals surface area contributed by atoms with Crippen LogP contribution >= 0.6 is 0 Å². The van der Waals surface area contributed by atoms with Crippen LogP contribution in [0.2, 0.25) is 0 Å². The summed E-state index contributed by atoms with van der Waals surface area (Å²) in [4.78, 5) is 0. The Labute approximate surface area is 99.9 Å². The Morgan fingerprint density at radius 3 is 2.94 bits per heavy atom. The molecule has 3 N–H and O–H groups in total. The highest BCUT2D eigenvalue weighted by Gasteiger charge is 2.28. The largest absolute Gasteiger partial charge is 0.497 e. The van der Waals surface area contributed by atoms with E-state index in [-0.39, 0.29) is 18.0 Å². The van der Waals surface area contributed by atoms with Crippen molar-refractivity contribution in [3.63, 3.8) is 0 Å². The fraction of sp³-hybridized carbons (Fsp3) is 0.500. The second-order valence-electron chi connectivity index (χ2n) is 4.08. The summed E-state index contributed by atoms with van der Waals surface area (Å²) >= 11 is 0. The molecule has 1 saturated heterocycles. The van der Waals surface area contributed by atoms with Crippen molar-refractivity contribution in [2.24, 2.45) is 5.84 Å². The molecule has 5 heteroatoms. The fourth-order valence-corrected chi connectivity index (χ4v) is 2.15. The van der Waals surface area contributed by atoms with Gasteiger partial charge in [0.1, 0.15) is 11.6 Å². The molecule has 1 heterocycles. The first kappa shape index (κ1) is 12.3. The van der Waals surface area contributed by atoms with E-state index >= 15 is 0 Å². The zero-order valence-electron chi connectivity index (χ0n) is 9.78. The molecular formula is C12H17FN2O2. The highest BCUT2D eigenvalue weighted by molar-refractivity contribution is 5.31. The highest BCUT2D eigenvalue weighted by Crippen LogP contribution is 2.29. The van der Waals surface area contributed by atoms with E-state index < -0.39 is 0 Å². The third-order valence-electron chi connectivity index (χ3n) is 3.06. The smallest absolute Gasteiger partial charge is 0.131 e. The average Bonchev–Trinajstić information content (AvgIpc) is 2.85. The first-order valence-electron chi connectivity index (χ1n) is 5.67. The molecule has 0 aliphatic carbocycles. The summed E-state index contributed by atoms with van der Waals surface area (Å²) in [6.07, 6.45) is 1.81. The lowest BCUT2D eigenvalue weighted by Gasteiger charge is -2.23. The van der Waals surface area contributed by atoms with Gasteiger partial charge in [-0.2, -0.15) is 0 Å². The minimum absolute atomic E-state index is 0.0668. The molecule has 0 saturated carbocycles. The van der Waals surface area contributed by atoms with Gasteiger partial charge in [0, 0.05) is 18.2 Å². The highest BCUT2D eigenvalue weighted by atomic mass is 19.1. The lowest BCUT2D eigenvalue weighted by Crippen LogP contribution is -2.36. The summed E-state index contributed by atoms with van der Waals surface area (Å²) in [5.41, 5.74) is 3.15. The number of rotatable bonds is 4. The molecule has 0 radical (unpaired) electrons. The van der Waals surface area contributed by atoms with Crippen LogP contribution < -0.4 is 16.0 Å². The van der Waals surface area contributed by atoms with Gasteiger partial charge in [0.25, 0.3) is 0 Å². The quantitative estimate of drug-likeness (QED) is 0.619. The maximum atomic E-state index is 13.9. The van der Waals surface area contributed by atoms with Crippen LogP contribution in [0.25, 0.3) is 0 Å². The molecule has 0 bridgehead atoms. The summed E-state index contributed by atoms with van der Waals surface area (Å²) in [7, 11) is 1.51. The Kier molecular flexibility index (Phi) is 3.93. The summed E-state index contributed by atoms with van der Waals surface area (Å²) in [6, 6.07) is 4.44. The van der Waals surface area contributed by atoms with Crippen molar-refractivity contribution in [1.82, 2.24) is 5.43 Å². The molecule has 17 heavy (non-hydrogen) atoms. The topological polar surface area (TPSA) is 56.5 Å². The van der Waals surface area contributed by atoms with Crippen molar-refractivity contribution >= 4 is 0 Å². The standard InChI is InChI=1S/C12H17FN2O2/c1-16-8-4-5-9(10(13)7-8)12(15-14)11-3-2-6-17-11/h4-5,7,11-12,15H,2-3,6,14H2,1H3.